The Morgan fingerprint density at radius 3 is 1.89 bits per heavy atom. The molecule has 8 aromatic carbocycles. The van der Waals surface area contributed by atoms with Crippen molar-refractivity contribution in [3.05, 3.63) is 216 Å². The Labute approximate surface area is 438 Å². The summed E-state index contributed by atoms with van der Waals surface area (Å²) in [4.78, 5) is 10.6. The van der Waals surface area contributed by atoms with E-state index in [1.807, 2.05) is 60.8 Å². The van der Waals surface area contributed by atoms with Crippen molar-refractivity contribution < 1.29 is 30.3 Å². The molecule has 10 rings (SSSR count). The van der Waals surface area contributed by atoms with Crippen LogP contribution in [0, 0.1) is 19.8 Å². The molecule has 0 unspecified atom stereocenters. The zero-order valence-corrected chi connectivity index (χ0v) is 43.9. The van der Waals surface area contributed by atoms with Gasteiger partial charge in [-0.2, -0.15) is 0 Å². The quantitative estimate of drug-likeness (QED) is 0.139. The molecular formula is C66H60N3OPt-. The van der Waals surface area contributed by atoms with Crippen LogP contribution in [0.3, 0.4) is 0 Å². The van der Waals surface area contributed by atoms with E-state index >= 15 is 0 Å². The fraction of sp³-hybridized carbons (Fsp3) is 0.182. The van der Waals surface area contributed by atoms with E-state index in [0.29, 0.717) is 22.5 Å². The monoisotopic (exact) mass is 1110 g/mol. The molecule has 0 radical (unpaired) electrons. The Balaban J connectivity index is 0.00000672. The summed E-state index contributed by atoms with van der Waals surface area (Å²) in [6.45, 7) is 14.7. The second-order valence-corrected chi connectivity index (χ2v) is 20.2. The molecule has 1 N–H and O–H groups in total. The molecule has 0 saturated carbocycles. The molecule has 2 aromatic heterocycles. The van der Waals surface area contributed by atoms with Gasteiger partial charge >= 0.3 is 0 Å². The SMILES string of the molecule is [2H]C([2H])([2H])c1cc(-c2ccc(C(C)(C)C)cc2)c(-n2c(-c3cc(C(C)C)cc(C(C)C)c3O)nc3c(-c4[c-]c(-c5cc(-c6ccc(C)cc6)ccn5)cc(-c5ccccc5)c4)cccc32)cc1-c1ccccc1.[Pt]. The Hall–Kier alpha value is -7.13. The van der Waals surface area contributed by atoms with Crippen LogP contribution in [0.25, 0.3) is 95.0 Å². The molecule has 0 fully saturated rings. The van der Waals surface area contributed by atoms with Gasteiger partial charge < -0.3 is 5.11 Å². The maximum atomic E-state index is 12.6. The van der Waals surface area contributed by atoms with E-state index in [-0.39, 0.29) is 49.6 Å². The number of aromatic nitrogens is 3. The van der Waals surface area contributed by atoms with Crippen molar-refractivity contribution >= 4 is 11.0 Å². The zero-order valence-electron chi connectivity index (χ0n) is 44.6. The first-order chi connectivity index (χ1) is 34.9. The Morgan fingerprint density at radius 2 is 1.23 bits per heavy atom. The number of benzene rings is 8. The summed E-state index contributed by atoms with van der Waals surface area (Å²) in [5.41, 5.74) is 17.6. The van der Waals surface area contributed by atoms with Crippen LogP contribution in [0.4, 0.5) is 0 Å². The first-order valence-electron chi connectivity index (χ1n) is 25.8. The van der Waals surface area contributed by atoms with Crippen LogP contribution < -0.4 is 0 Å². The van der Waals surface area contributed by atoms with Crippen molar-refractivity contribution in [2.24, 2.45) is 0 Å². The third-order valence-corrected chi connectivity index (χ3v) is 13.6. The molecule has 2 heterocycles. The van der Waals surface area contributed by atoms with Crippen molar-refractivity contribution in [1.29, 1.82) is 0 Å². The average Bonchev–Trinajstić information content (AvgIpc) is 3.79. The average molecular weight is 1110 g/mol. The molecule has 0 saturated heterocycles. The number of phenols is 1. The summed E-state index contributed by atoms with van der Waals surface area (Å²) in [5.74, 6) is 0.856. The molecule has 0 aliphatic carbocycles. The van der Waals surface area contributed by atoms with Crippen molar-refractivity contribution in [2.75, 3.05) is 0 Å². The molecular weight excluding hydrogens is 1050 g/mol. The van der Waals surface area contributed by atoms with E-state index < -0.39 is 6.85 Å². The predicted molar refractivity (Wildman–Crippen MR) is 294 cm³/mol. The fourth-order valence-corrected chi connectivity index (χ4v) is 9.53. The van der Waals surface area contributed by atoms with E-state index in [1.54, 1.807) is 0 Å². The second-order valence-electron chi connectivity index (χ2n) is 20.2. The van der Waals surface area contributed by atoms with Crippen LogP contribution in [0.5, 0.6) is 5.75 Å². The number of aryl methyl sites for hydroxylation is 2. The largest absolute Gasteiger partial charge is 0.507 e. The minimum Gasteiger partial charge on any atom is -0.507 e. The first-order valence-corrected chi connectivity index (χ1v) is 24.3. The van der Waals surface area contributed by atoms with E-state index in [2.05, 4.69) is 187 Å². The van der Waals surface area contributed by atoms with E-state index in [9.17, 15) is 5.11 Å². The molecule has 10 aromatic rings. The summed E-state index contributed by atoms with van der Waals surface area (Å²) in [7, 11) is 0. The van der Waals surface area contributed by atoms with Gasteiger partial charge in [0.05, 0.1) is 22.3 Å². The van der Waals surface area contributed by atoms with Crippen molar-refractivity contribution in [3.63, 3.8) is 0 Å². The van der Waals surface area contributed by atoms with Crippen LogP contribution in [0.15, 0.2) is 182 Å². The van der Waals surface area contributed by atoms with Crippen LogP contribution in [0.1, 0.15) is 92.2 Å². The van der Waals surface area contributed by atoms with E-state index in [1.165, 1.54) is 5.56 Å². The number of pyridine rings is 1. The third kappa shape index (κ3) is 9.71. The van der Waals surface area contributed by atoms with Gasteiger partial charge in [0.2, 0.25) is 0 Å². The number of nitrogens with zero attached hydrogens (tertiary/aromatic N) is 3. The number of rotatable bonds is 10. The summed E-state index contributed by atoms with van der Waals surface area (Å²) in [6, 6.07) is 63.7. The maximum absolute atomic E-state index is 12.6. The summed E-state index contributed by atoms with van der Waals surface area (Å²) < 4.78 is 29.0. The van der Waals surface area contributed by atoms with E-state index in [4.69, 9.17) is 14.1 Å². The van der Waals surface area contributed by atoms with Gasteiger partial charge in [-0.1, -0.05) is 204 Å². The Bertz CT molecular complexity index is 3650. The molecule has 5 heteroatoms. The fourth-order valence-electron chi connectivity index (χ4n) is 9.53. The standard InChI is InChI=1S/C66H60N3O.Pt/c1-41(2)50-37-56(42(3)4)64(70)59(38-50)65-68-63-55(52-34-51(45-17-12-10-13-18-45)35-53(36-52)60-39-49(31-32-67-60)46-25-23-43(5)24-26-46)21-16-22-61(63)69(65)62-40-57(47-19-14-11-15-20-47)44(6)33-58(62)48-27-29-54(30-28-48)66(7,8)9;/h10-35,37-42,70H,1-9H3;/q-1;/i6D3;. The van der Waals surface area contributed by atoms with Gasteiger partial charge in [-0.05, 0) is 117 Å². The first kappa shape index (κ1) is 45.0. The molecule has 356 valence electrons. The molecule has 71 heavy (non-hydrogen) atoms. The number of hydrogen-bond acceptors (Lipinski definition) is 3. The molecule has 0 bridgehead atoms. The topological polar surface area (TPSA) is 50.9 Å². The van der Waals surface area contributed by atoms with Gasteiger partial charge in [0.15, 0.2) is 0 Å². The Kier molecular flexibility index (Phi) is 12.6. The number of phenolic OH excluding ortho intramolecular Hbond substituents is 1. The smallest absolute Gasteiger partial charge is 0.148 e. The van der Waals surface area contributed by atoms with Crippen molar-refractivity contribution in [2.45, 2.75) is 79.5 Å². The number of imidazole rings is 1. The second kappa shape index (κ2) is 19.9. The minimum absolute atomic E-state index is 0. The van der Waals surface area contributed by atoms with Crippen LogP contribution >= 0.6 is 0 Å². The molecule has 0 amide bonds. The predicted octanol–water partition coefficient (Wildman–Crippen LogP) is 17.8. The van der Waals surface area contributed by atoms with Gasteiger partial charge in [0, 0.05) is 42.6 Å². The summed E-state index contributed by atoms with van der Waals surface area (Å²) in [5, 5.41) is 12.6. The van der Waals surface area contributed by atoms with Gasteiger partial charge in [0.25, 0.3) is 0 Å². The number of fused-ring (bicyclic) bond motifs is 1. The van der Waals surface area contributed by atoms with Crippen LogP contribution in [-0.2, 0) is 26.5 Å². The maximum Gasteiger partial charge on any atom is 0.148 e. The van der Waals surface area contributed by atoms with Gasteiger partial charge in [0.1, 0.15) is 11.6 Å². The molecule has 0 atom stereocenters. The Morgan fingerprint density at radius 1 is 0.577 bits per heavy atom. The summed E-state index contributed by atoms with van der Waals surface area (Å²) in [6.07, 6.45) is 1.86. The summed E-state index contributed by atoms with van der Waals surface area (Å²) >= 11 is 0. The van der Waals surface area contributed by atoms with Gasteiger partial charge in [-0.25, -0.2) is 4.98 Å². The third-order valence-electron chi connectivity index (χ3n) is 13.6. The number of aromatic hydroxyl groups is 1. The van der Waals surface area contributed by atoms with E-state index in [0.717, 1.165) is 89.2 Å². The van der Waals surface area contributed by atoms with Crippen LogP contribution in [0.2, 0.25) is 0 Å². The van der Waals surface area contributed by atoms with Gasteiger partial charge in [-0.3, -0.25) is 9.55 Å². The molecule has 4 nitrogen and oxygen atoms in total. The number of para-hydroxylation sites is 1. The van der Waals surface area contributed by atoms with Gasteiger partial charge in [-0.15, -0.1) is 23.8 Å². The van der Waals surface area contributed by atoms with Crippen molar-refractivity contribution in [1.82, 2.24) is 14.5 Å². The normalized spacial score (nSPS) is 12.5. The zero-order chi connectivity index (χ0) is 51.3. The van der Waals surface area contributed by atoms with Crippen molar-refractivity contribution in [3.8, 4) is 89.7 Å². The molecule has 0 spiro atoms. The van der Waals surface area contributed by atoms with Crippen LogP contribution in [-0.4, -0.2) is 19.6 Å². The number of hydrogen-bond donors (Lipinski definition) is 1. The molecule has 0 aliphatic rings. The minimum atomic E-state index is -2.45. The molecule has 0 aliphatic heterocycles.